The molecule has 1 heterocycles. The summed E-state index contributed by atoms with van der Waals surface area (Å²) in [6, 6.07) is 19.3. The number of hydrogen-bond donors (Lipinski definition) is 0. The average molecular weight is 536 g/mol. The third-order valence-corrected chi connectivity index (χ3v) is 9.62. The minimum atomic E-state index is -0.227. The number of hydrogen-bond acceptors (Lipinski definition) is 2. The first-order valence-electron chi connectivity index (χ1n) is 14.5. The molecule has 0 saturated carbocycles. The molecule has 1 aromatic heterocycles. The third kappa shape index (κ3) is 2.89. The molecular formula is C38H33NO2. The zero-order valence-electron chi connectivity index (χ0n) is 25.0. The van der Waals surface area contributed by atoms with Gasteiger partial charge in [-0.05, 0) is 125 Å². The largest absolute Gasteiger partial charge is 0.268 e. The molecule has 0 N–H and O–H groups in total. The number of aromatic nitrogens is 1. The number of nitrogens with zero attached hydrogens (tertiary/aromatic N) is 1. The summed E-state index contributed by atoms with van der Waals surface area (Å²) in [6.07, 6.45) is 0. The highest BCUT2D eigenvalue weighted by Crippen LogP contribution is 2.53. The minimum Gasteiger partial charge on any atom is -0.268 e. The summed E-state index contributed by atoms with van der Waals surface area (Å²) in [7, 11) is 0. The van der Waals surface area contributed by atoms with E-state index in [2.05, 4.69) is 77.9 Å². The van der Waals surface area contributed by atoms with Crippen molar-refractivity contribution in [3.8, 4) is 5.69 Å². The molecule has 3 nitrogen and oxygen atoms in total. The molecule has 8 rings (SSSR count). The highest BCUT2D eigenvalue weighted by atomic mass is 16.2. The summed E-state index contributed by atoms with van der Waals surface area (Å²) in [5.41, 5.74) is 4.48. The van der Waals surface area contributed by atoms with Crippen molar-refractivity contribution < 1.29 is 0 Å². The monoisotopic (exact) mass is 535 g/mol. The molecule has 0 aliphatic heterocycles. The van der Waals surface area contributed by atoms with Gasteiger partial charge in [-0.3, -0.25) is 9.59 Å². The van der Waals surface area contributed by atoms with Crippen LogP contribution in [0, 0.1) is 13.8 Å². The van der Waals surface area contributed by atoms with Crippen LogP contribution >= 0.6 is 0 Å². The molecule has 0 aliphatic rings. The topological polar surface area (TPSA) is 39.1 Å². The summed E-state index contributed by atoms with van der Waals surface area (Å²) in [4.78, 5) is 29.0. The maximum Gasteiger partial charge on any atom is 0.266 e. The maximum absolute atomic E-state index is 14.5. The molecule has 0 aliphatic carbocycles. The van der Waals surface area contributed by atoms with Crippen LogP contribution in [0.1, 0.15) is 63.8 Å². The molecule has 0 saturated heterocycles. The molecule has 0 bridgehead atoms. The van der Waals surface area contributed by atoms with Gasteiger partial charge in [0.05, 0.1) is 16.5 Å². The van der Waals surface area contributed by atoms with Gasteiger partial charge in [-0.15, -0.1) is 0 Å². The Kier molecular flexibility index (Phi) is 4.39. The van der Waals surface area contributed by atoms with Gasteiger partial charge < -0.3 is 0 Å². The molecule has 202 valence electrons. The molecule has 0 spiro atoms. The Morgan fingerprint density at radius 1 is 0.488 bits per heavy atom. The van der Waals surface area contributed by atoms with Gasteiger partial charge in [0.25, 0.3) is 11.1 Å². The standard InChI is InChI=1S/C38H33NO2/c1-18-9-12-21(15-19(18)2)39-35(40)33-24-16-26(37(3,4)5)22-13-10-20-11-14-23-27(38(6,7)8)17-25(34(33)36(39)41)32-30(23)28(20)29(22)31(24)32/h9-17H,1-8H3. The van der Waals surface area contributed by atoms with E-state index in [0.29, 0.717) is 16.5 Å². The van der Waals surface area contributed by atoms with Crippen LogP contribution < -0.4 is 11.1 Å². The van der Waals surface area contributed by atoms with Gasteiger partial charge in [0.2, 0.25) is 0 Å². The zero-order chi connectivity index (χ0) is 28.9. The first-order valence-corrected chi connectivity index (χ1v) is 14.5. The lowest BCUT2D eigenvalue weighted by molar-refractivity contribution is 0.596. The fourth-order valence-electron chi connectivity index (χ4n) is 7.53. The van der Waals surface area contributed by atoms with Gasteiger partial charge in [0.1, 0.15) is 0 Å². The molecule has 0 unspecified atom stereocenters. The first-order chi connectivity index (χ1) is 19.3. The molecule has 0 fully saturated rings. The van der Waals surface area contributed by atoms with E-state index in [1.807, 2.05) is 32.0 Å². The van der Waals surface area contributed by atoms with Crippen molar-refractivity contribution in [3.05, 3.63) is 97.6 Å². The Labute approximate surface area is 238 Å². The number of benzene rings is 6. The van der Waals surface area contributed by atoms with Crippen LogP contribution in [-0.4, -0.2) is 4.57 Å². The van der Waals surface area contributed by atoms with Gasteiger partial charge >= 0.3 is 0 Å². The summed E-state index contributed by atoms with van der Waals surface area (Å²) < 4.78 is 1.41. The smallest absolute Gasteiger partial charge is 0.266 e. The maximum atomic E-state index is 14.5. The Morgan fingerprint density at radius 3 is 1.39 bits per heavy atom. The van der Waals surface area contributed by atoms with Crippen molar-refractivity contribution in [1.82, 2.24) is 4.57 Å². The van der Waals surface area contributed by atoms with Crippen molar-refractivity contribution in [1.29, 1.82) is 0 Å². The lowest BCUT2D eigenvalue weighted by Crippen LogP contribution is -2.23. The second kappa shape index (κ2) is 7.33. The molecule has 8 aromatic rings. The molecule has 7 aromatic carbocycles. The number of fused-ring (bicyclic) bond motifs is 3. The van der Waals surface area contributed by atoms with E-state index < -0.39 is 0 Å². The third-order valence-electron chi connectivity index (χ3n) is 9.62. The lowest BCUT2D eigenvalue weighted by Gasteiger charge is -2.23. The highest BCUT2D eigenvalue weighted by Gasteiger charge is 2.32. The van der Waals surface area contributed by atoms with Crippen LogP contribution in [0.4, 0.5) is 0 Å². The summed E-state index contributed by atoms with van der Waals surface area (Å²) in [6.45, 7) is 17.5. The first kappa shape index (κ1) is 24.5. The van der Waals surface area contributed by atoms with Crippen LogP contribution in [0.5, 0.6) is 0 Å². The summed E-state index contributed by atoms with van der Waals surface area (Å²) in [5.74, 6) is 0. The second-order valence-corrected chi connectivity index (χ2v) is 14.2. The van der Waals surface area contributed by atoms with E-state index in [1.165, 1.54) is 48.0 Å². The van der Waals surface area contributed by atoms with Crippen molar-refractivity contribution in [3.63, 3.8) is 0 Å². The molecular weight excluding hydrogens is 502 g/mol. The Bertz CT molecular complexity index is 2340. The van der Waals surface area contributed by atoms with Crippen LogP contribution in [0.15, 0.2) is 64.2 Å². The summed E-state index contributed by atoms with van der Waals surface area (Å²) in [5, 5.41) is 12.6. The van der Waals surface area contributed by atoms with Crippen molar-refractivity contribution in [2.24, 2.45) is 0 Å². The zero-order valence-corrected chi connectivity index (χ0v) is 25.0. The van der Waals surface area contributed by atoms with E-state index in [0.717, 1.165) is 32.7 Å². The molecule has 3 heteroatoms. The van der Waals surface area contributed by atoms with Gasteiger partial charge in [-0.2, -0.15) is 0 Å². The van der Waals surface area contributed by atoms with Gasteiger partial charge in [-0.25, -0.2) is 4.57 Å². The molecule has 41 heavy (non-hydrogen) atoms. The van der Waals surface area contributed by atoms with Crippen molar-refractivity contribution in [2.75, 3.05) is 0 Å². The van der Waals surface area contributed by atoms with E-state index in [1.54, 1.807) is 0 Å². The minimum absolute atomic E-state index is 0.150. The van der Waals surface area contributed by atoms with E-state index >= 15 is 0 Å². The van der Waals surface area contributed by atoms with Crippen LogP contribution in [0.25, 0.3) is 70.3 Å². The quantitative estimate of drug-likeness (QED) is 0.197. The predicted octanol–water partition coefficient (Wildman–Crippen LogP) is 9.08. The van der Waals surface area contributed by atoms with E-state index in [-0.39, 0.29) is 21.9 Å². The Hall–Kier alpha value is -4.24. The second-order valence-electron chi connectivity index (χ2n) is 14.2. The van der Waals surface area contributed by atoms with E-state index in [9.17, 15) is 9.59 Å². The SMILES string of the molecule is Cc1ccc(-n2c(=O)c3c4cc(C(C)(C)C)c5ccc6ccc7c(C(C)(C)C)cc(c3c2=O)c2c7c6c5c42)cc1C. The lowest BCUT2D eigenvalue weighted by atomic mass is 9.80. The number of aryl methyl sites for hydroxylation is 2. The van der Waals surface area contributed by atoms with Crippen molar-refractivity contribution >= 4 is 64.6 Å². The van der Waals surface area contributed by atoms with Crippen LogP contribution in [0.3, 0.4) is 0 Å². The molecule has 0 radical (unpaired) electrons. The van der Waals surface area contributed by atoms with Crippen LogP contribution in [-0.2, 0) is 10.8 Å². The summed E-state index contributed by atoms with van der Waals surface area (Å²) >= 11 is 0. The van der Waals surface area contributed by atoms with E-state index in [4.69, 9.17) is 0 Å². The van der Waals surface area contributed by atoms with Gasteiger partial charge in [0.15, 0.2) is 0 Å². The average Bonchev–Trinajstić information content (AvgIpc) is 3.39. The van der Waals surface area contributed by atoms with Gasteiger partial charge in [-0.1, -0.05) is 71.9 Å². The number of rotatable bonds is 1. The molecule has 0 atom stereocenters. The Morgan fingerprint density at radius 2 is 0.951 bits per heavy atom. The fourth-order valence-corrected chi connectivity index (χ4v) is 7.53. The highest BCUT2D eigenvalue weighted by molar-refractivity contribution is 6.48. The fraction of sp³-hybridized carbons (Fsp3) is 0.263. The Balaban J connectivity index is 1.75. The van der Waals surface area contributed by atoms with Crippen molar-refractivity contribution in [2.45, 2.75) is 66.2 Å². The predicted molar refractivity (Wildman–Crippen MR) is 175 cm³/mol. The normalized spacial score (nSPS) is 13.6. The van der Waals surface area contributed by atoms with Gasteiger partial charge in [0, 0.05) is 0 Å². The van der Waals surface area contributed by atoms with Crippen LogP contribution in [0.2, 0.25) is 0 Å². The molecule has 0 amide bonds.